The Morgan fingerprint density at radius 2 is 2.20 bits per heavy atom. The van der Waals surface area contributed by atoms with Crippen LogP contribution in [0.25, 0.3) is 5.65 Å². The second kappa shape index (κ2) is 4.74. The zero-order valence-corrected chi connectivity index (χ0v) is 12.4. The molecule has 1 atom stereocenters. The summed E-state index contributed by atoms with van der Waals surface area (Å²) in [5.74, 6) is 0.351. The van der Waals surface area contributed by atoms with Crippen LogP contribution in [0.5, 0.6) is 0 Å². The van der Waals surface area contributed by atoms with Gasteiger partial charge in [0, 0.05) is 30.3 Å². The van der Waals surface area contributed by atoms with E-state index in [9.17, 15) is 4.79 Å². The smallest absolute Gasteiger partial charge is 0.272 e. The number of aromatic nitrogens is 3. The lowest BCUT2D eigenvalue weighted by molar-refractivity contribution is 0.454. The van der Waals surface area contributed by atoms with Crippen LogP contribution in [0.15, 0.2) is 17.1 Å². The molecule has 0 bridgehead atoms. The Balaban J connectivity index is 2.13. The molecule has 0 aromatic carbocycles. The van der Waals surface area contributed by atoms with Crippen molar-refractivity contribution >= 4 is 5.65 Å². The van der Waals surface area contributed by atoms with Gasteiger partial charge in [0.1, 0.15) is 0 Å². The van der Waals surface area contributed by atoms with Crippen LogP contribution < -0.4 is 10.9 Å². The SMILES string of the molecule is CC(C)(C)c1c[nH]n2c(=O)cc(C3CCCNC3)nc12. The van der Waals surface area contributed by atoms with Gasteiger partial charge < -0.3 is 5.32 Å². The van der Waals surface area contributed by atoms with Crippen LogP contribution in [0.4, 0.5) is 0 Å². The van der Waals surface area contributed by atoms with E-state index >= 15 is 0 Å². The number of aromatic amines is 1. The molecule has 1 aliphatic rings. The van der Waals surface area contributed by atoms with Crippen LogP contribution in [0.1, 0.15) is 50.8 Å². The van der Waals surface area contributed by atoms with E-state index in [0.717, 1.165) is 42.8 Å². The highest BCUT2D eigenvalue weighted by atomic mass is 16.1. The third kappa shape index (κ3) is 2.26. The Labute approximate surface area is 118 Å². The average Bonchev–Trinajstić information content (AvgIpc) is 2.84. The minimum atomic E-state index is -0.0336. The van der Waals surface area contributed by atoms with Crippen LogP contribution in [-0.2, 0) is 5.41 Å². The van der Waals surface area contributed by atoms with Gasteiger partial charge in [-0.25, -0.2) is 9.50 Å². The van der Waals surface area contributed by atoms with Gasteiger partial charge in [0.15, 0.2) is 5.65 Å². The van der Waals surface area contributed by atoms with E-state index in [1.165, 1.54) is 0 Å². The normalized spacial score (nSPS) is 20.4. The summed E-state index contributed by atoms with van der Waals surface area (Å²) in [6.45, 7) is 8.39. The molecule has 0 saturated carbocycles. The van der Waals surface area contributed by atoms with Crippen LogP contribution >= 0.6 is 0 Å². The van der Waals surface area contributed by atoms with Crippen molar-refractivity contribution in [3.63, 3.8) is 0 Å². The van der Waals surface area contributed by atoms with Gasteiger partial charge in [-0.15, -0.1) is 0 Å². The van der Waals surface area contributed by atoms with Crippen molar-refractivity contribution < 1.29 is 0 Å². The summed E-state index contributed by atoms with van der Waals surface area (Å²) in [5, 5.41) is 6.40. The number of rotatable bonds is 1. The number of fused-ring (bicyclic) bond motifs is 1. The van der Waals surface area contributed by atoms with Gasteiger partial charge in [-0.1, -0.05) is 20.8 Å². The first-order valence-corrected chi connectivity index (χ1v) is 7.29. The van der Waals surface area contributed by atoms with Crippen molar-refractivity contribution in [2.75, 3.05) is 13.1 Å². The molecular formula is C15H22N4O. The van der Waals surface area contributed by atoms with Gasteiger partial charge in [-0.2, -0.15) is 0 Å². The van der Waals surface area contributed by atoms with Crippen LogP contribution in [0, 0.1) is 0 Å². The fourth-order valence-electron chi connectivity index (χ4n) is 2.86. The van der Waals surface area contributed by atoms with E-state index in [-0.39, 0.29) is 11.0 Å². The largest absolute Gasteiger partial charge is 0.316 e. The standard InChI is InChI=1S/C15H22N4O/c1-15(2,3)11-9-17-19-13(20)7-12(18-14(11)19)10-5-4-6-16-8-10/h7,9-10,16-17H,4-6,8H2,1-3H3. The van der Waals surface area contributed by atoms with E-state index in [1.807, 2.05) is 6.20 Å². The van der Waals surface area contributed by atoms with Crippen molar-refractivity contribution in [3.8, 4) is 0 Å². The van der Waals surface area contributed by atoms with Crippen molar-refractivity contribution in [2.45, 2.75) is 44.9 Å². The lowest BCUT2D eigenvalue weighted by atomic mass is 9.89. The van der Waals surface area contributed by atoms with Crippen molar-refractivity contribution in [1.29, 1.82) is 0 Å². The molecule has 3 heterocycles. The second-order valence-electron chi connectivity index (χ2n) is 6.66. The van der Waals surface area contributed by atoms with Crippen molar-refractivity contribution in [1.82, 2.24) is 19.9 Å². The predicted octanol–water partition coefficient (Wildman–Crippen LogP) is 1.79. The first-order valence-electron chi connectivity index (χ1n) is 7.29. The van der Waals surface area contributed by atoms with Gasteiger partial charge in [-0.3, -0.25) is 9.89 Å². The van der Waals surface area contributed by atoms with Gasteiger partial charge in [0.05, 0.1) is 5.69 Å². The number of hydrogen-bond donors (Lipinski definition) is 2. The minimum absolute atomic E-state index is 0.0222. The molecule has 2 N–H and O–H groups in total. The molecule has 2 aromatic rings. The number of nitrogens with one attached hydrogen (secondary N) is 2. The van der Waals surface area contributed by atoms with E-state index < -0.39 is 0 Å². The van der Waals surface area contributed by atoms with Crippen LogP contribution in [0.3, 0.4) is 0 Å². The molecule has 5 nitrogen and oxygen atoms in total. The van der Waals surface area contributed by atoms with Gasteiger partial charge in [0.2, 0.25) is 0 Å². The zero-order chi connectivity index (χ0) is 14.3. The summed E-state index contributed by atoms with van der Waals surface area (Å²) in [6, 6.07) is 1.67. The van der Waals surface area contributed by atoms with E-state index in [2.05, 4.69) is 31.2 Å². The number of piperidine rings is 1. The van der Waals surface area contributed by atoms with Crippen molar-refractivity contribution in [2.24, 2.45) is 0 Å². The van der Waals surface area contributed by atoms with Crippen LogP contribution in [-0.4, -0.2) is 27.7 Å². The summed E-state index contributed by atoms with van der Waals surface area (Å²) < 4.78 is 1.54. The molecule has 20 heavy (non-hydrogen) atoms. The molecule has 108 valence electrons. The highest BCUT2D eigenvalue weighted by molar-refractivity contribution is 5.50. The molecule has 1 unspecified atom stereocenters. The molecule has 0 radical (unpaired) electrons. The maximum Gasteiger partial charge on any atom is 0.272 e. The molecule has 0 amide bonds. The lowest BCUT2D eigenvalue weighted by Crippen LogP contribution is -2.30. The summed E-state index contributed by atoms with van der Waals surface area (Å²) in [6.07, 6.45) is 4.14. The first-order chi connectivity index (χ1) is 9.47. The van der Waals surface area contributed by atoms with E-state index in [4.69, 9.17) is 4.98 Å². The molecule has 1 saturated heterocycles. The Morgan fingerprint density at radius 3 is 2.85 bits per heavy atom. The molecule has 0 spiro atoms. The summed E-state index contributed by atoms with van der Waals surface area (Å²) in [7, 11) is 0. The van der Waals surface area contributed by atoms with Gasteiger partial charge in [0.25, 0.3) is 5.56 Å². The molecule has 2 aromatic heterocycles. The Bertz CT molecular complexity index is 671. The van der Waals surface area contributed by atoms with Crippen LogP contribution in [0.2, 0.25) is 0 Å². The maximum absolute atomic E-state index is 12.3. The zero-order valence-electron chi connectivity index (χ0n) is 12.4. The maximum atomic E-state index is 12.3. The summed E-state index contributed by atoms with van der Waals surface area (Å²) >= 11 is 0. The van der Waals surface area contributed by atoms with Gasteiger partial charge in [-0.05, 0) is 24.8 Å². The highest BCUT2D eigenvalue weighted by Gasteiger charge is 2.23. The third-order valence-electron chi connectivity index (χ3n) is 4.04. The summed E-state index contributed by atoms with van der Waals surface area (Å²) in [4.78, 5) is 17.0. The molecule has 0 aliphatic carbocycles. The Hall–Kier alpha value is -1.62. The summed E-state index contributed by atoms with van der Waals surface area (Å²) in [5.41, 5.74) is 2.72. The topological polar surface area (TPSA) is 62.2 Å². The third-order valence-corrected chi connectivity index (χ3v) is 4.04. The molecule has 5 heteroatoms. The highest BCUT2D eigenvalue weighted by Crippen LogP contribution is 2.26. The monoisotopic (exact) mass is 274 g/mol. The first kappa shape index (κ1) is 13.4. The van der Waals surface area contributed by atoms with E-state index in [1.54, 1.807) is 10.6 Å². The molecular weight excluding hydrogens is 252 g/mol. The predicted molar refractivity (Wildman–Crippen MR) is 79.4 cm³/mol. The molecule has 1 aliphatic heterocycles. The molecule has 1 fully saturated rings. The fraction of sp³-hybridized carbons (Fsp3) is 0.600. The number of hydrogen-bond acceptors (Lipinski definition) is 3. The Morgan fingerprint density at radius 1 is 1.40 bits per heavy atom. The quantitative estimate of drug-likeness (QED) is 0.833. The molecule has 3 rings (SSSR count). The van der Waals surface area contributed by atoms with Crippen molar-refractivity contribution in [3.05, 3.63) is 33.9 Å². The number of H-pyrrole nitrogens is 1. The second-order valence-corrected chi connectivity index (χ2v) is 6.66. The minimum Gasteiger partial charge on any atom is -0.316 e. The van der Waals surface area contributed by atoms with E-state index in [0.29, 0.717) is 5.92 Å². The number of nitrogens with zero attached hydrogens (tertiary/aromatic N) is 2. The fourth-order valence-corrected chi connectivity index (χ4v) is 2.86. The lowest BCUT2D eigenvalue weighted by Gasteiger charge is -2.22. The average molecular weight is 274 g/mol. The Kier molecular flexibility index (Phi) is 3.17. The van der Waals surface area contributed by atoms with Gasteiger partial charge >= 0.3 is 0 Å².